The fourth-order valence-electron chi connectivity index (χ4n) is 5.70. The molecule has 0 spiro atoms. The maximum atomic E-state index is 14.6. The molecule has 4 aliphatic heterocycles. The van der Waals surface area contributed by atoms with Gasteiger partial charge in [0.05, 0.1) is 7.11 Å². The van der Waals surface area contributed by atoms with E-state index in [1.165, 1.54) is 18.7 Å². The van der Waals surface area contributed by atoms with Crippen LogP contribution < -0.4 is 10.1 Å². The zero-order chi connectivity index (χ0) is 23.6. The van der Waals surface area contributed by atoms with E-state index in [4.69, 9.17) is 14.6 Å². The number of carbonyl (C=O) groups excluding carboxylic acids is 1. The highest BCUT2D eigenvalue weighted by atomic mass is 19.2. The molecule has 3 unspecified atom stereocenters. The lowest BCUT2D eigenvalue weighted by Gasteiger charge is -2.55. The first kappa shape index (κ1) is 23.1. The van der Waals surface area contributed by atoms with Crippen LogP contribution in [-0.4, -0.2) is 79.7 Å². The number of ether oxygens (including phenoxy) is 1. The number of hydrogen-bond donors (Lipinski definition) is 2. The second-order valence-electron chi connectivity index (χ2n) is 8.75. The number of hydrogen-bond acceptors (Lipinski definition) is 5. The van der Waals surface area contributed by atoms with E-state index in [9.17, 15) is 13.6 Å². The Hall–Kier alpha value is -3.04. The number of benzene rings is 2. The van der Waals surface area contributed by atoms with Crippen LogP contribution in [0.25, 0.3) is 0 Å². The summed E-state index contributed by atoms with van der Waals surface area (Å²) in [6.07, 6.45) is 0. The molecule has 2 N–H and O–H groups in total. The summed E-state index contributed by atoms with van der Waals surface area (Å²) in [4.78, 5) is 26.5. The molecule has 2 aromatic carbocycles. The van der Waals surface area contributed by atoms with Crippen molar-refractivity contribution in [1.82, 2.24) is 15.1 Å². The molecule has 0 aliphatic carbocycles. The third-order valence-electron chi connectivity index (χ3n) is 6.93. The molecule has 2 aromatic rings. The highest BCUT2D eigenvalue weighted by Crippen LogP contribution is 2.43. The monoisotopic (exact) mass is 459 g/mol. The molecular weight excluding hydrogens is 432 g/mol. The Kier molecular flexibility index (Phi) is 6.62. The molecule has 4 saturated heterocycles. The summed E-state index contributed by atoms with van der Waals surface area (Å²) in [5.41, 5.74) is 0.502. The average molecular weight is 459 g/mol. The number of rotatable bonds is 4. The number of methoxy groups -OCH3 is 1. The number of piperidine rings is 2. The van der Waals surface area contributed by atoms with E-state index in [1.54, 1.807) is 0 Å². The van der Waals surface area contributed by atoms with Gasteiger partial charge < -0.3 is 25.0 Å². The van der Waals surface area contributed by atoms with Gasteiger partial charge in [-0.2, -0.15) is 0 Å². The number of amides is 1. The number of fused-ring (bicyclic) bond motifs is 1. The van der Waals surface area contributed by atoms with Crippen molar-refractivity contribution in [2.45, 2.75) is 11.5 Å². The van der Waals surface area contributed by atoms with Crippen molar-refractivity contribution < 1.29 is 28.2 Å². The van der Waals surface area contributed by atoms with Crippen LogP contribution in [0.15, 0.2) is 42.5 Å². The van der Waals surface area contributed by atoms with Gasteiger partial charge in [0.1, 0.15) is 11.3 Å². The van der Waals surface area contributed by atoms with Crippen LogP contribution in [-0.2, 0) is 10.2 Å². The largest absolute Gasteiger partial charge is 0.496 e. The van der Waals surface area contributed by atoms with Crippen LogP contribution in [0, 0.1) is 17.6 Å². The topological polar surface area (TPSA) is 82.1 Å². The summed E-state index contributed by atoms with van der Waals surface area (Å²) >= 11 is 0. The summed E-state index contributed by atoms with van der Waals surface area (Å²) < 4.78 is 33.6. The highest BCUT2D eigenvalue weighted by molar-refractivity contribution is 5.97. The Balaban J connectivity index is 0.000000821. The molecule has 0 saturated carbocycles. The Morgan fingerprint density at radius 1 is 1.12 bits per heavy atom. The van der Waals surface area contributed by atoms with Crippen molar-refractivity contribution in [3.8, 4) is 5.75 Å². The lowest BCUT2D eigenvalue weighted by Crippen LogP contribution is -2.70. The molecule has 7 nitrogen and oxygen atoms in total. The van der Waals surface area contributed by atoms with Gasteiger partial charge in [-0.15, -0.1) is 0 Å². The van der Waals surface area contributed by atoms with Gasteiger partial charge in [-0.25, -0.2) is 8.78 Å². The van der Waals surface area contributed by atoms with E-state index in [2.05, 4.69) is 27.2 Å². The second-order valence-corrected chi connectivity index (χ2v) is 8.75. The van der Waals surface area contributed by atoms with Crippen LogP contribution in [0.5, 0.6) is 5.75 Å². The minimum Gasteiger partial charge on any atom is -0.496 e. The highest BCUT2D eigenvalue weighted by Gasteiger charge is 2.55. The molecule has 4 heterocycles. The fourth-order valence-corrected chi connectivity index (χ4v) is 5.70. The van der Waals surface area contributed by atoms with Crippen molar-refractivity contribution in [2.24, 2.45) is 5.92 Å². The minimum absolute atomic E-state index is 0.0358. The molecule has 4 aliphatic rings. The number of carboxylic acid groups (broad SMARTS) is 1. The van der Waals surface area contributed by atoms with E-state index in [1.807, 2.05) is 18.2 Å². The number of nitrogens with one attached hydrogen (secondary N) is 1. The average Bonchev–Trinajstić information content (AvgIpc) is 3.07. The summed E-state index contributed by atoms with van der Waals surface area (Å²) in [5, 5.41) is 10.00. The van der Waals surface area contributed by atoms with E-state index in [0.717, 1.165) is 45.3 Å². The van der Waals surface area contributed by atoms with E-state index >= 15 is 0 Å². The molecule has 176 valence electrons. The second kappa shape index (κ2) is 9.44. The first-order valence-corrected chi connectivity index (χ1v) is 10.8. The van der Waals surface area contributed by atoms with Crippen molar-refractivity contribution >= 4 is 12.4 Å². The normalized spacial score (nSPS) is 29.4. The smallest absolute Gasteiger partial charge is 0.290 e. The van der Waals surface area contributed by atoms with Gasteiger partial charge in [0.2, 0.25) is 0 Å². The van der Waals surface area contributed by atoms with Crippen molar-refractivity contribution in [2.75, 3.05) is 46.4 Å². The van der Waals surface area contributed by atoms with Gasteiger partial charge in [-0.3, -0.25) is 9.59 Å². The molecule has 4 fully saturated rings. The summed E-state index contributed by atoms with van der Waals surface area (Å²) in [5.74, 6) is -2.61. The zero-order valence-electron chi connectivity index (χ0n) is 18.3. The molecule has 0 radical (unpaired) electrons. The lowest BCUT2D eigenvalue weighted by atomic mass is 9.64. The predicted octanol–water partition coefficient (Wildman–Crippen LogP) is 1.97. The molecule has 0 aromatic heterocycles. The van der Waals surface area contributed by atoms with Gasteiger partial charge in [0, 0.05) is 56.6 Å². The quantitative estimate of drug-likeness (QED) is 0.681. The molecule has 9 heteroatoms. The van der Waals surface area contributed by atoms with E-state index in [0.29, 0.717) is 0 Å². The van der Waals surface area contributed by atoms with Crippen LogP contribution in [0.3, 0.4) is 0 Å². The van der Waals surface area contributed by atoms with Gasteiger partial charge in [0.25, 0.3) is 12.4 Å². The third kappa shape index (κ3) is 4.18. The molecule has 3 atom stereocenters. The van der Waals surface area contributed by atoms with Crippen LogP contribution >= 0.6 is 0 Å². The fraction of sp³-hybridized carbons (Fsp3) is 0.417. The Morgan fingerprint density at radius 2 is 1.73 bits per heavy atom. The molecule has 1 amide bonds. The van der Waals surface area contributed by atoms with Gasteiger partial charge >= 0.3 is 0 Å². The van der Waals surface area contributed by atoms with Crippen molar-refractivity contribution in [3.63, 3.8) is 0 Å². The molecule has 33 heavy (non-hydrogen) atoms. The molecular formula is C24H27F2N3O4. The predicted molar refractivity (Wildman–Crippen MR) is 117 cm³/mol. The Morgan fingerprint density at radius 3 is 2.30 bits per heavy atom. The zero-order valence-corrected chi connectivity index (χ0v) is 18.3. The summed E-state index contributed by atoms with van der Waals surface area (Å²) in [6, 6.07) is 12.3. The maximum absolute atomic E-state index is 14.6. The lowest BCUT2D eigenvalue weighted by molar-refractivity contribution is -0.122. The molecule has 4 bridgehead atoms. The van der Waals surface area contributed by atoms with Crippen LogP contribution in [0.2, 0.25) is 0 Å². The Bertz CT molecular complexity index is 1000. The Labute approximate surface area is 190 Å². The maximum Gasteiger partial charge on any atom is 0.290 e. The van der Waals surface area contributed by atoms with Gasteiger partial charge in [-0.1, -0.05) is 30.3 Å². The van der Waals surface area contributed by atoms with Crippen molar-refractivity contribution in [3.05, 3.63) is 65.2 Å². The first-order chi connectivity index (χ1) is 15.9. The SMILES string of the molecule is COc1ccc(F)c(F)c1C(=O)NC1C2CN3CCN(C2)CC1(c1ccccc1)C3.O=CO. The minimum atomic E-state index is -1.17. The standard InChI is InChI=1S/C23H25F2N3O2.CH2O2/c1-30-18-8-7-17(24)20(25)19(18)22(29)26-21-15-11-27-9-10-28(12-15)14-23(21,13-27)16-5-3-2-4-6-16;2-1-3/h2-8,15,21H,9-14H2,1H3,(H,26,29);1H,(H,2,3). The third-order valence-corrected chi connectivity index (χ3v) is 6.93. The van der Waals surface area contributed by atoms with Crippen LogP contribution in [0.1, 0.15) is 15.9 Å². The van der Waals surface area contributed by atoms with E-state index in [-0.39, 0.29) is 35.2 Å². The number of halogens is 2. The van der Waals surface area contributed by atoms with Crippen molar-refractivity contribution in [1.29, 1.82) is 0 Å². The number of carbonyl (C=O) groups is 2. The van der Waals surface area contributed by atoms with E-state index < -0.39 is 17.5 Å². The van der Waals surface area contributed by atoms with Crippen LogP contribution in [0.4, 0.5) is 8.78 Å². The summed E-state index contributed by atoms with van der Waals surface area (Å²) in [6.45, 7) is 5.21. The molecule has 6 rings (SSSR count). The number of nitrogens with zero attached hydrogens (tertiary/aromatic N) is 2. The first-order valence-electron chi connectivity index (χ1n) is 10.8. The van der Waals surface area contributed by atoms with Gasteiger partial charge in [-0.05, 0) is 17.7 Å². The van der Waals surface area contributed by atoms with Gasteiger partial charge in [0.15, 0.2) is 11.6 Å². The summed E-state index contributed by atoms with van der Waals surface area (Å²) in [7, 11) is 1.35.